The van der Waals surface area contributed by atoms with Gasteiger partial charge in [-0.05, 0) is 22.8 Å². The molecule has 0 aliphatic carbocycles. The smallest absolute Gasteiger partial charge is 0.225 e. The van der Waals surface area contributed by atoms with Crippen LogP contribution in [0.25, 0.3) is 6.08 Å². The lowest BCUT2D eigenvalue weighted by atomic mass is 9.93. The minimum atomic E-state index is -0.233. The molecule has 0 aromatic heterocycles. The molecule has 1 atom stereocenters. The molecule has 5 nitrogen and oxygen atoms in total. The van der Waals surface area contributed by atoms with E-state index in [0.717, 1.165) is 43.9 Å². The summed E-state index contributed by atoms with van der Waals surface area (Å²) in [5.41, 5.74) is 3.42. The molecule has 2 heterocycles. The number of piperazine rings is 1. The van der Waals surface area contributed by atoms with Crippen molar-refractivity contribution in [2.24, 2.45) is 0 Å². The SMILES string of the molecule is CC(=O)N1C=Cc2ccccc2[C@H]1CC(=O)N1CCN(Cc2ccccc2)CC1. The first-order valence-electron chi connectivity index (χ1n) is 10.2. The molecule has 0 radical (unpaired) electrons. The van der Waals surface area contributed by atoms with Gasteiger partial charge in [0.2, 0.25) is 11.8 Å². The van der Waals surface area contributed by atoms with Crippen molar-refractivity contribution in [3.63, 3.8) is 0 Å². The lowest BCUT2D eigenvalue weighted by Gasteiger charge is -2.37. The molecule has 150 valence electrons. The number of amides is 2. The van der Waals surface area contributed by atoms with Gasteiger partial charge in [-0.2, -0.15) is 0 Å². The maximum atomic E-state index is 13.1. The van der Waals surface area contributed by atoms with Crippen LogP contribution in [0.2, 0.25) is 0 Å². The maximum Gasteiger partial charge on any atom is 0.225 e. The van der Waals surface area contributed by atoms with E-state index in [4.69, 9.17) is 0 Å². The van der Waals surface area contributed by atoms with Crippen LogP contribution in [-0.2, 0) is 16.1 Å². The number of benzene rings is 2. The molecular formula is C24H27N3O2. The second-order valence-electron chi connectivity index (χ2n) is 7.73. The summed E-state index contributed by atoms with van der Waals surface area (Å²) in [4.78, 5) is 31.2. The lowest BCUT2D eigenvalue weighted by Crippen LogP contribution is -2.49. The van der Waals surface area contributed by atoms with Crippen LogP contribution in [-0.4, -0.2) is 52.7 Å². The molecule has 5 heteroatoms. The summed E-state index contributed by atoms with van der Waals surface area (Å²) in [6.45, 7) is 5.68. The van der Waals surface area contributed by atoms with E-state index in [1.165, 1.54) is 5.56 Å². The zero-order valence-electron chi connectivity index (χ0n) is 16.8. The average Bonchev–Trinajstić information content (AvgIpc) is 2.75. The molecule has 0 unspecified atom stereocenters. The van der Waals surface area contributed by atoms with Crippen LogP contribution in [0.3, 0.4) is 0 Å². The summed E-state index contributed by atoms with van der Waals surface area (Å²) in [7, 11) is 0. The molecule has 1 saturated heterocycles. The first-order chi connectivity index (χ1) is 14.1. The van der Waals surface area contributed by atoms with Gasteiger partial charge in [0, 0.05) is 45.8 Å². The van der Waals surface area contributed by atoms with Gasteiger partial charge in [0.1, 0.15) is 0 Å². The predicted molar refractivity (Wildman–Crippen MR) is 114 cm³/mol. The summed E-state index contributed by atoms with van der Waals surface area (Å²) in [6, 6.07) is 18.2. The van der Waals surface area contributed by atoms with E-state index in [1.807, 2.05) is 41.3 Å². The fourth-order valence-electron chi connectivity index (χ4n) is 4.20. The molecule has 2 amide bonds. The normalized spacial score (nSPS) is 19.1. The van der Waals surface area contributed by atoms with Crippen LogP contribution in [0.4, 0.5) is 0 Å². The minimum absolute atomic E-state index is 0.0405. The quantitative estimate of drug-likeness (QED) is 0.806. The molecule has 0 N–H and O–H groups in total. The number of carbonyl (C=O) groups is 2. The third kappa shape index (κ3) is 4.40. The summed E-state index contributed by atoms with van der Waals surface area (Å²) in [5, 5.41) is 0. The number of carbonyl (C=O) groups excluding carboxylic acids is 2. The molecule has 2 aliphatic heterocycles. The lowest BCUT2D eigenvalue weighted by molar-refractivity contribution is -0.136. The number of rotatable bonds is 4. The molecule has 2 aromatic rings. The van der Waals surface area contributed by atoms with Crippen LogP contribution < -0.4 is 0 Å². The highest BCUT2D eigenvalue weighted by Gasteiger charge is 2.30. The summed E-state index contributed by atoms with van der Waals surface area (Å²) < 4.78 is 0. The van der Waals surface area contributed by atoms with E-state index in [1.54, 1.807) is 18.0 Å². The Morgan fingerprint density at radius 2 is 1.62 bits per heavy atom. The Labute approximate surface area is 172 Å². The Kier molecular flexibility index (Phi) is 5.76. The van der Waals surface area contributed by atoms with Crippen molar-refractivity contribution in [3.8, 4) is 0 Å². The van der Waals surface area contributed by atoms with E-state index in [0.29, 0.717) is 6.42 Å². The second-order valence-corrected chi connectivity index (χ2v) is 7.73. The predicted octanol–water partition coefficient (Wildman–Crippen LogP) is 3.30. The highest BCUT2D eigenvalue weighted by Crippen LogP contribution is 2.33. The van der Waals surface area contributed by atoms with Gasteiger partial charge in [0.25, 0.3) is 0 Å². The van der Waals surface area contributed by atoms with Gasteiger partial charge in [-0.1, -0.05) is 54.6 Å². The van der Waals surface area contributed by atoms with Crippen molar-refractivity contribution < 1.29 is 9.59 Å². The van der Waals surface area contributed by atoms with Crippen molar-refractivity contribution in [2.45, 2.75) is 25.9 Å². The Morgan fingerprint density at radius 3 is 2.34 bits per heavy atom. The molecule has 0 bridgehead atoms. The zero-order valence-corrected chi connectivity index (χ0v) is 16.8. The Balaban J connectivity index is 1.39. The average molecular weight is 389 g/mol. The van der Waals surface area contributed by atoms with Gasteiger partial charge in [0.05, 0.1) is 12.5 Å². The van der Waals surface area contributed by atoms with Crippen molar-refractivity contribution >= 4 is 17.9 Å². The van der Waals surface area contributed by atoms with E-state index in [9.17, 15) is 9.59 Å². The molecule has 0 spiro atoms. The highest BCUT2D eigenvalue weighted by atomic mass is 16.2. The van der Waals surface area contributed by atoms with Crippen molar-refractivity contribution in [1.29, 1.82) is 0 Å². The highest BCUT2D eigenvalue weighted by molar-refractivity contribution is 5.82. The number of nitrogens with zero attached hydrogens (tertiary/aromatic N) is 3. The van der Waals surface area contributed by atoms with Crippen molar-refractivity contribution in [2.75, 3.05) is 26.2 Å². The minimum Gasteiger partial charge on any atom is -0.340 e. The summed E-state index contributed by atoms with van der Waals surface area (Å²) >= 11 is 0. The number of fused-ring (bicyclic) bond motifs is 1. The third-order valence-electron chi connectivity index (χ3n) is 5.81. The Bertz CT molecular complexity index is 901. The summed E-state index contributed by atoms with van der Waals surface area (Å²) in [5.74, 6) is 0.0759. The first kappa shape index (κ1) is 19.4. The van der Waals surface area contributed by atoms with Crippen molar-refractivity contribution in [1.82, 2.24) is 14.7 Å². The van der Waals surface area contributed by atoms with Gasteiger partial charge in [-0.3, -0.25) is 14.5 Å². The van der Waals surface area contributed by atoms with Crippen LogP contribution in [0.1, 0.15) is 36.1 Å². The van der Waals surface area contributed by atoms with Gasteiger partial charge in [-0.25, -0.2) is 0 Å². The topological polar surface area (TPSA) is 43.9 Å². The van der Waals surface area contributed by atoms with Gasteiger partial charge < -0.3 is 9.80 Å². The number of hydrogen-bond donors (Lipinski definition) is 0. The fourth-order valence-corrected chi connectivity index (χ4v) is 4.20. The monoisotopic (exact) mass is 389 g/mol. The van der Waals surface area contributed by atoms with Crippen LogP contribution in [0.5, 0.6) is 0 Å². The van der Waals surface area contributed by atoms with Gasteiger partial charge in [-0.15, -0.1) is 0 Å². The first-order valence-corrected chi connectivity index (χ1v) is 10.2. The molecule has 29 heavy (non-hydrogen) atoms. The largest absolute Gasteiger partial charge is 0.340 e. The van der Waals surface area contributed by atoms with Gasteiger partial charge in [0.15, 0.2) is 0 Å². The second kappa shape index (κ2) is 8.62. The third-order valence-corrected chi connectivity index (χ3v) is 5.81. The molecular weight excluding hydrogens is 362 g/mol. The molecule has 4 rings (SSSR count). The fraction of sp³-hybridized carbons (Fsp3) is 0.333. The molecule has 2 aromatic carbocycles. The zero-order chi connectivity index (χ0) is 20.2. The molecule has 1 fully saturated rings. The van der Waals surface area contributed by atoms with E-state index >= 15 is 0 Å². The van der Waals surface area contributed by atoms with Gasteiger partial charge >= 0.3 is 0 Å². The summed E-state index contributed by atoms with van der Waals surface area (Å²) in [6.07, 6.45) is 4.07. The van der Waals surface area contributed by atoms with Crippen LogP contribution in [0, 0.1) is 0 Å². The Morgan fingerprint density at radius 1 is 0.931 bits per heavy atom. The van der Waals surface area contributed by atoms with Crippen LogP contribution in [0.15, 0.2) is 60.8 Å². The van der Waals surface area contributed by atoms with E-state index < -0.39 is 0 Å². The Hall–Kier alpha value is -2.92. The molecule has 0 saturated carbocycles. The van der Waals surface area contributed by atoms with E-state index in [2.05, 4.69) is 29.2 Å². The number of hydrogen-bond acceptors (Lipinski definition) is 3. The standard InChI is InChI=1S/C24H27N3O2/c1-19(28)27-12-11-21-9-5-6-10-22(21)23(27)17-24(29)26-15-13-25(14-16-26)18-20-7-3-2-4-8-20/h2-12,23H,13-18H2,1H3/t23-/m1/s1. The van der Waals surface area contributed by atoms with E-state index in [-0.39, 0.29) is 17.9 Å². The maximum absolute atomic E-state index is 13.1. The van der Waals surface area contributed by atoms with Crippen molar-refractivity contribution in [3.05, 3.63) is 77.5 Å². The molecule has 2 aliphatic rings. The van der Waals surface area contributed by atoms with Crippen LogP contribution >= 0.6 is 0 Å².